The number of rotatable bonds is 2. The number of hydrogen-bond donors (Lipinski definition) is 2. The van der Waals surface area contributed by atoms with Gasteiger partial charge in [-0.15, -0.1) is 0 Å². The molecule has 96 valence electrons. The molecule has 0 aromatic heterocycles. The van der Waals surface area contributed by atoms with Gasteiger partial charge >= 0.3 is 6.03 Å². The number of nitro benzene ring substituents is 1. The predicted octanol–water partition coefficient (Wildman–Crippen LogP) is 1.16. The van der Waals surface area contributed by atoms with Gasteiger partial charge in [0.2, 0.25) is 0 Å². The number of nitrogens with zero attached hydrogens (tertiary/aromatic N) is 2. The first kappa shape index (κ1) is 12.3. The molecule has 0 bridgehead atoms. The molecule has 1 aromatic carbocycles. The van der Waals surface area contributed by atoms with Crippen molar-refractivity contribution in [3.8, 4) is 0 Å². The summed E-state index contributed by atoms with van der Waals surface area (Å²) in [5.74, 6) is 0. The van der Waals surface area contributed by atoms with Crippen molar-refractivity contribution in [3.63, 3.8) is 0 Å². The van der Waals surface area contributed by atoms with E-state index in [-0.39, 0.29) is 17.8 Å². The Balaban J connectivity index is 2.03. The fourth-order valence-corrected chi connectivity index (χ4v) is 1.87. The molecule has 7 nitrogen and oxygen atoms in total. The molecule has 0 spiro atoms. The lowest BCUT2D eigenvalue weighted by Gasteiger charge is -2.16. The predicted molar refractivity (Wildman–Crippen MR) is 66.3 cm³/mol. The topological polar surface area (TPSA) is 102 Å². The second-order valence-corrected chi connectivity index (χ2v) is 4.23. The molecule has 3 N–H and O–H groups in total. The fraction of sp³-hybridized carbons (Fsp3) is 0.364. The van der Waals surface area contributed by atoms with Crippen LogP contribution in [0.15, 0.2) is 24.3 Å². The number of hydrogen-bond acceptors (Lipinski definition) is 4. The van der Waals surface area contributed by atoms with Gasteiger partial charge in [-0.05, 0) is 12.5 Å². The minimum absolute atomic E-state index is 0.0147. The summed E-state index contributed by atoms with van der Waals surface area (Å²) in [6.07, 6.45) is 0.780. The average molecular weight is 250 g/mol. The second kappa shape index (κ2) is 5.01. The molecule has 1 aromatic rings. The van der Waals surface area contributed by atoms with Crippen molar-refractivity contribution in [2.45, 2.75) is 12.5 Å². The molecule has 1 saturated heterocycles. The summed E-state index contributed by atoms with van der Waals surface area (Å²) in [6.45, 7) is 1.13. The van der Waals surface area contributed by atoms with Crippen molar-refractivity contribution < 1.29 is 9.72 Å². The summed E-state index contributed by atoms with van der Waals surface area (Å²) in [5, 5.41) is 13.2. The molecule has 2 amide bonds. The molecule has 1 heterocycles. The van der Waals surface area contributed by atoms with Crippen LogP contribution in [-0.4, -0.2) is 35.0 Å². The number of benzene rings is 1. The summed E-state index contributed by atoms with van der Waals surface area (Å²) in [6, 6.07) is 5.59. The van der Waals surface area contributed by atoms with Gasteiger partial charge in [0.05, 0.1) is 4.92 Å². The van der Waals surface area contributed by atoms with Crippen LogP contribution in [-0.2, 0) is 0 Å². The summed E-state index contributed by atoms with van der Waals surface area (Å²) in [7, 11) is 0. The van der Waals surface area contributed by atoms with Gasteiger partial charge in [0.15, 0.2) is 0 Å². The molecule has 7 heteroatoms. The molecule has 0 radical (unpaired) electrons. The fourth-order valence-electron chi connectivity index (χ4n) is 1.87. The van der Waals surface area contributed by atoms with Crippen molar-refractivity contribution in [2.75, 3.05) is 18.4 Å². The Morgan fingerprint density at radius 3 is 2.94 bits per heavy atom. The largest absolute Gasteiger partial charge is 0.326 e. The molecule has 0 unspecified atom stereocenters. The Labute approximate surface area is 104 Å². The standard InChI is InChI=1S/C11H14N4O3/c12-8-4-5-14(7-8)11(16)13-9-2-1-3-10(6-9)15(17)18/h1-3,6,8H,4-5,7,12H2,(H,13,16)/t8-/m1/s1. The van der Waals surface area contributed by atoms with Crippen LogP contribution in [0, 0.1) is 10.1 Å². The van der Waals surface area contributed by atoms with E-state index >= 15 is 0 Å². The third-order valence-electron chi connectivity index (χ3n) is 2.82. The van der Waals surface area contributed by atoms with E-state index in [1.807, 2.05) is 0 Å². The first-order chi connectivity index (χ1) is 8.56. The highest BCUT2D eigenvalue weighted by Gasteiger charge is 2.23. The number of non-ortho nitro benzene ring substituents is 1. The molecule has 1 aliphatic heterocycles. The van der Waals surface area contributed by atoms with Crippen LogP contribution in [0.25, 0.3) is 0 Å². The number of amides is 2. The van der Waals surface area contributed by atoms with E-state index in [9.17, 15) is 14.9 Å². The normalized spacial score (nSPS) is 18.7. The third-order valence-corrected chi connectivity index (χ3v) is 2.82. The highest BCUT2D eigenvalue weighted by atomic mass is 16.6. The van der Waals surface area contributed by atoms with Gasteiger partial charge < -0.3 is 16.0 Å². The van der Waals surface area contributed by atoms with Gasteiger partial charge in [0.25, 0.3) is 5.69 Å². The molecule has 1 atom stereocenters. The van der Waals surface area contributed by atoms with Gasteiger partial charge in [-0.3, -0.25) is 10.1 Å². The Kier molecular flexibility index (Phi) is 3.42. The quantitative estimate of drug-likeness (QED) is 0.607. The van der Waals surface area contributed by atoms with Crippen molar-refractivity contribution in [3.05, 3.63) is 34.4 Å². The smallest absolute Gasteiger partial charge is 0.321 e. The van der Waals surface area contributed by atoms with Gasteiger partial charge in [0.1, 0.15) is 0 Å². The van der Waals surface area contributed by atoms with Crippen LogP contribution in [0.2, 0.25) is 0 Å². The summed E-state index contributed by atoms with van der Waals surface area (Å²) in [4.78, 5) is 23.5. The zero-order valence-electron chi connectivity index (χ0n) is 9.70. The van der Waals surface area contributed by atoms with E-state index in [1.165, 1.54) is 18.2 Å². The molecule has 1 fully saturated rings. The van der Waals surface area contributed by atoms with Crippen LogP contribution in [0.1, 0.15) is 6.42 Å². The van der Waals surface area contributed by atoms with Crippen molar-refractivity contribution in [1.82, 2.24) is 4.90 Å². The summed E-state index contributed by atoms with van der Waals surface area (Å²) >= 11 is 0. The SMILES string of the molecule is N[C@@H]1CCN(C(=O)Nc2cccc([N+](=O)[O-])c2)C1. The number of nitro groups is 1. The van der Waals surface area contributed by atoms with Crippen molar-refractivity contribution in [1.29, 1.82) is 0 Å². The lowest BCUT2D eigenvalue weighted by molar-refractivity contribution is -0.384. The summed E-state index contributed by atoms with van der Waals surface area (Å²) in [5.41, 5.74) is 6.07. The molecular weight excluding hydrogens is 236 g/mol. The van der Waals surface area contributed by atoms with Gasteiger partial charge in [0, 0.05) is 37.0 Å². The van der Waals surface area contributed by atoms with E-state index in [0.717, 1.165) is 6.42 Å². The monoisotopic (exact) mass is 250 g/mol. The third kappa shape index (κ3) is 2.75. The lowest BCUT2D eigenvalue weighted by Crippen LogP contribution is -2.35. The number of nitrogens with two attached hydrogens (primary N) is 1. The van der Waals surface area contributed by atoms with E-state index in [2.05, 4.69) is 5.32 Å². The second-order valence-electron chi connectivity index (χ2n) is 4.23. The minimum atomic E-state index is -0.499. The van der Waals surface area contributed by atoms with Crippen LogP contribution in [0.4, 0.5) is 16.2 Å². The number of nitrogens with one attached hydrogen (secondary N) is 1. The maximum absolute atomic E-state index is 11.8. The van der Waals surface area contributed by atoms with E-state index in [4.69, 9.17) is 5.73 Å². The number of urea groups is 1. The Morgan fingerprint density at radius 1 is 1.56 bits per heavy atom. The van der Waals surface area contributed by atoms with Gasteiger partial charge in [-0.1, -0.05) is 6.07 Å². The zero-order chi connectivity index (χ0) is 13.1. The van der Waals surface area contributed by atoms with Crippen LogP contribution < -0.4 is 11.1 Å². The van der Waals surface area contributed by atoms with Gasteiger partial charge in [-0.25, -0.2) is 4.79 Å². The minimum Gasteiger partial charge on any atom is -0.326 e. The Bertz CT molecular complexity index is 477. The molecule has 18 heavy (non-hydrogen) atoms. The Morgan fingerprint density at radius 2 is 2.33 bits per heavy atom. The van der Waals surface area contributed by atoms with Crippen LogP contribution in [0.3, 0.4) is 0 Å². The zero-order valence-corrected chi connectivity index (χ0v) is 9.70. The maximum atomic E-state index is 11.8. The molecular formula is C11H14N4O3. The highest BCUT2D eigenvalue weighted by molar-refractivity contribution is 5.89. The first-order valence-corrected chi connectivity index (χ1v) is 5.62. The van der Waals surface area contributed by atoms with E-state index < -0.39 is 4.92 Å². The van der Waals surface area contributed by atoms with Crippen LogP contribution in [0.5, 0.6) is 0 Å². The number of likely N-dealkylation sites (tertiary alicyclic amines) is 1. The maximum Gasteiger partial charge on any atom is 0.321 e. The molecule has 2 rings (SSSR count). The highest BCUT2D eigenvalue weighted by Crippen LogP contribution is 2.18. The van der Waals surface area contributed by atoms with Gasteiger partial charge in [-0.2, -0.15) is 0 Å². The van der Waals surface area contributed by atoms with Crippen LogP contribution >= 0.6 is 0 Å². The Hall–Kier alpha value is -2.15. The average Bonchev–Trinajstić information content (AvgIpc) is 2.76. The molecule has 0 aliphatic carbocycles. The molecule has 1 aliphatic rings. The summed E-state index contributed by atoms with van der Waals surface area (Å²) < 4.78 is 0. The number of anilines is 1. The molecule has 0 saturated carbocycles. The number of carbonyl (C=O) groups is 1. The van der Waals surface area contributed by atoms with Crippen molar-refractivity contribution >= 4 is 17.4 Å². The van der Waals surface area contributed by atoms with E-state index in [1.54, 1.807) is 11.0 Å². The van der Waals surface area contributed by atoms with E-state index in [0.29, 0.717) is 18.8 Å². The number of carbonyl (C=O) groups excluding carboxylic acids is 1. The first-order valence-electron chi connectivity index (χ1n) is 5.62. The lowest BCUT2D eigenvalue weighted by atomic mass is 10.3. The van der Waals surface area contributed by atoms with Crippen molar-refractivity contribution in [2.24, 2.45) is 5.73 Å².